The van der Waals surface area contributed by atoms with Crippen LogP contribution in [-0.4, -0.2) is 67.4 Å². The van der Waals surface area contributed by atoms with E-state index in [1.807, 2.05) is 4.90 Å². The van der Waals surface area contributed by atoms with Gasteiger partial charge in [-0.15, -0.1) is 0 Å². The molecule has 0 bridgehead atoms. The van der Waals surface area contributed by atoms with E-state index in [9.17, 15) is 9.59 Å². The summed E-state index contributed by atoms with van der Waals surface area (Å²) >= 11 is 0. The molecule has 0 saturated carbocycles. The summed E-state index contributed by atoms with van der Waals surface area (Å²) in [5.74, 6) is 2.09. The summed E-state index contributed by atoms with van der Waals surface area (Å²) in [5, 5.41) is 0. The lowest BCUT2D eigenvalue weighted by Gasteiger charge is -2.37. The molecule has 2 aliphatic rings. The van der Waals surface area contributed by atoms with E-state index in [-0.39, 0.29) is 11.8 Å². The van der Waals surface area contributed by atoms with Crippen LogP contribution in [0.5, 0.6) is 0 Å². The largest absolute Gasteiger partial charge is 0.337 e. The summed E-state index contributed by atoms with van der Waals surface area (Å²) in [7, 11) is 0. The van der Waals surface area contributed by atoms with Crippen LogP contribution >= 0.6 is 0 Å². The smallest absolute Gasteiger partial charge is 0.219 e. The van der Waals surface area contributed by atoms with Crippen LogP contribution in [0.1, 0.15) is 41.0 Å². The average Bonchev–Trinajstić information content (AvgIpc) is 2.53. The van der Waals surface area contributed by atoms with Crippen LogP contribution in [0.4, 0.5) is 0 Å². The second-order valence-electron chi connectivity index (χ2n) is 8.19. The zero-order chi connectivity index (χ0) is 18.6. The molecule has 0 aromatic heterocycles. The first-order valence-corrected chi connectivity index (χ1v) is 9.79. The lowest BCUT2D eigenvalue weighted by molar-refractivity contribution is -0.903. The lowest BCUT2D eigenvalue weighted by Crippen LogP contribution is -3.15. The minimum Gasteiger partial charge on any atom is -0.337 e. The summed E-state index contributed by atoms with van der Waals surface area (Å²) in [6.45, 7) is 16.5. The van der Waals surface area contributed by atoms with Gasteiger partial charge in [0.05, 0.1) is 39.3 Å². The molecule has 0 unspecified atom stereocenters. The van der Waals surface area contributed by atoms with Crippen LogP contribution in [0, 0.1) is 17.8 Å². The van der Waals surface area contributed by atoms with E-state index in [1.165, 1.54) is 10.5 Å². The van der Waals surface area contributed by atoms with Gasteiger partial charge in [-0.05, 0) is 31.1 Å². The van der Waals surface area contributed by atoms with Gasteiger partial charge in [0.25, 0.3) is 0 Å². The van der Waals surface area contributed by atoms with Crippen LogP contribution in [0.15, 0.2) is 11.6 Å². The minimum absolute atomic E-state index is 0.174. The molecule has 0 aromatic rings. The van der Waals surface area contributed by atoms with Gasteiger partial charge in [0, 0.05) is 20.4 Å². The zero-order valence-electron chi connectivity index (χ0n) is 16.7. The first-order chi connectivity index (χ1) is 11.8. The van der Waals surface area contributed by atoms with Gasteiger partial charge in [-0.2, -0.15) is 0 Å². The Morgan fingerprint density at radius 3 is 2.40 bits per heavy atom. The van der Waals surface area contributed by atoms with Gasteiger partial charge in [0.1, 0.15) is 0 Å². The van der Waals surface area contributed by atoms with E-state index >= 15 is 0 Å². The fourth-order valence-corrected chi connectivity index (χ4v) is 4.48. The van der Waals surface area contributed by atoms with Gasteiger partial charge in [0.15, 0.2) is 0 Å². The SMILES string of the molecule is CC(=O)N1CC[NH+](CCN(C[C@H]2[C@H](C)C=C(C)C[C@H]2C)C(C)=O)CC1. The Morgan fingerprint density at radius 1 is 1.24 bits per heavy atom. The number of nitrogens with one attached hydrogen (secondary N) is 1. The summed E-state index contributed by atoms with van der Waals surface area (Å²) in [5.41, 5.74) is 1.48. The fourth-order valence-electron chi connectivity index (χ4n) is 4.48. The van der Waals surface area contributed by atoms with Gasteiger partial charge in [0.2, 0.25) is 11.8 Å². The maximum Gasteiger partial charge on any atom is 0.219 e. The molecule has 1 heterocycles. The van der Waals surface area contributed by atoms with Crippen molar-refractivity contribution in [2.75, 3.05) is 45.8 Å². The van der Waals surface area contributed by atoms with Crippen molar-refractivity contribution < 1.29 is 14.5 Å². The number of hydrogen-bond donors (Lipinski definition) is 1. The van der Waals surface area contributed by atoms with E-state index in [0.717, 1.165) is 52.2 Å². The Morgan fingerprint density at radius 2 is 1.88 bits per heavy atom. The molecule has 25 heavy (non-hydrogen) atoms. The average molecular weight is 351 g/mol. The highest BCUT2D eigenvalue weighted by Crippen LogP contribution is 2.33. The highest BCUT2D eigenvalue weighted by Gasteiger charge is 2.30. The van der Waals surface area contributed by atoms with Crippen molar-refractivity contribution in [2.24, 2.45) is 17.8 Å². The van der Waals surface area contributed by atoms with Gasteiger partial charge in [-0.25, -0.2) is 0 Å². The predicted octanol–water partition coefficient (Wildman–Crippen LogP) is 0.820. The van der Waals surface area contributed by atoms with Crippen LogP contribution in [0.25, 0.3) is 0 Å². The number of carbonyl (C=O) groups is 2. The normalized spacial score (nSPS) is 27.8. The summed E-state index contributed by atoms with van der Waals surface area (Å²) in [4.78, 5) is 29.1. The molecule has 5 heteroatoms. The van der Waals surface area contributed by atoms with Gasteiger partial charge in [-0.3, -0.25) is 9.59 Å². The van der Waals surface area contributed by atoms with Crippen molar-refractivity contribution in [1.82, 2.24) is 9.80 Å². The molecule has 0 aromatic carbocycles. The third-order valence-electron chi connectivity index (χ3n) is 6.13. The van der Waals surface area contributed by atoms with Gasteiger partial charge >= 0.3 is 0 Å². The summed E-state index contributed by atoms with van der Waals surface area (Å²) in [6.07, 6.45) is 3.54. The van der Waals surface area contributed by atoms with E-state index in [4.69, 9.17) is 0 Å². The molecule has 1 N–H and O–H groups in total. The summed E-state index contributed by atoms with van der Waals surface area (Å²) in [6, 6.07) is 0. The molecule has 1 aliphatic carbocycles. The number of hydrogen-bond acceptors (Lipinski definition) is 2. The molecule has 2 rings (SSSR count). The van der Waals surface area contributed by atoms with Crippen molar-refractivity contribution in [3.63, 3.8) is 0 Å². The number of amides is 2. The van der Waals surface area contributed by atoms with Crippen LogP contribution in [0.2, 0.25) is 0 Å². The van der Waals surface area contributed by atoms with Crippen LogP contribution < -0.4 is 4.90 Å². The van der Waals surface area contributed by atoms with E-state index < -0.39 is 0 Å². The quantitative estimate of drug-likeness (QED) is 0.746. The zero-order valence-corrected chi connectivity index (χ0v) is 16.7. The second kappa shape index (κ2) is 8.84. The third-order valence-corrected chi connectivity index (χ3v) is 6.13. The van der Waals surface area contributed by atoms with Crippen molar-refractivity contribution in [3.05, 3.63) is 11.6 Å². The molecule has 5 nitrogen and oxygen atoms in total. The molecule has 0 spiro atoms. The second-order valence-corrected chi connectivity index (χ2v) is 8.19. The molecular weight excluding hydrogens is 314 g/mol. The van der Waals surface area contributed by atoms with Crippen molar-refractivity contribution in [3.8, 4) is 0 Å². The van der Waals surface area contributed by atoms with Gasteiger partial charge in [-0.1, -0.05) is 25.5 Å². The van der Waals surface area contributed by atoms with E-state index in [0.29, 0.717) is 17.8 Å². The standard InChI is InChI=1S/C20H35N3O2/c1-15-12-16(2)20(17(3)13-15)14-23(19(5)25)11-8-21-6-9-22(10-7-21)18(4)24/h12,16-17,20H,6-11,13-14H2,1-5H3/p+1/t16-,17-,20+/m1/s1. The topological polar surface area (TPSA) is 45.1 Å². The number of piperazine rings is 1. The van der Waals surface area contributed by atoms with Gasteiger partial charge < -0.3 is 14.7 Å². The Balaban J connectivity index is 1.85. The monoisotopic (exact) mass is 350 g/mol. The molecule has 3 atom stereocenters. The van der Waals surface area contributed by atoms with Crippen LogP contribution in [0.3, 0.4) is 0 Å². The summed E-state index contributed by atoms with van der Waals surface area (Å²) < 4.78 is 0. The maximum absolute atomic E-state index is 12.2. The Bertz CT molecular complexity index is 509. The Kier molecular flexibility index (Phi) is 7.05. The third kappa shape index (κ3) is 5.56. The van der Waals surface area contributed by atoms with Crippen LogP contribution in [-0.2, 0) is 9.59 Å². The first kappa shape index (κ1) is 20.0. The number of allylic oxidation sites excluding steroid dienone is 2. The molecule has 0 radical (unpaired) electrons. The highest BCUT2D eigenvalue weighted by molar-refractivity contribution is 5.73. The Labute approximate surface area is 153 Å². The maximum atomic E-state index is 12.2. The lowest BCUT2D eigenvalue weighted by atomic mass is 9.75. The first-order valence-electron chi connectivity index (χ1n) is 9.79. The minimum atomic E-state index is 0.174. The fraction of sp³-hybridized carbons (Fsp3) is 0.800. The molecule has 1 fully saturated rings. The molecular formula is C20H36N3O2+. The molecule has 2 amide bonds. The van der Waals surface area contributed by atoms with Crippen molar-refractivity contribution >= 4 is 11.8 Å². The van der Waals surface area contributed by atoms with Crippen molar-refractivity contribution in [2.45, 2.75) is 41.0 Å². The molecule has 1 aliphatic heterocycles. The number of rotatable bonds is 5. The molecule has 142 valence electrons. The number of carbonyl (C=O) groups excluding carboxylic acids is 2. The Hall–Kier alpha value is -1.36. The highest BCUT2D eigenvalue weighted by atomic mass is 16.2. The number of quaternary nitrogens is 1. The van der Waals surface area contributed by atoms with E-state index in [1.54, 1.807) is 13.8 Å². The van der Waals surface area contributed by atoms with E-state index in [2.05, 4.69) is 31.7 Å². The predicted molar refractivity (Wildman–Crippen MR) is 100 cm³/mol. The molecule has 1 saturated heterocycles. The van der Waals surface area contributed by atoms with Crippen molar-refractivity contribution in [1.29, 1.82) is 0 Å². The number of nitrogens with zero attached hydrogens (tertiary/aromatic N) is 2.